The summed E-state index contributed by atoms with van der Waals surface area (Å²) in [5.41, 5.74) is 8.22. The Kier molecular flexibility index (Phi) is 6.93. The van der Waals surface area contributed by atoms with Crippen molar-refractivity contribution in [2.45, 2.75) is 32.4 Å². The first kappa shape index (κ1) is 23.4. The minimum atomic E-state index is -0.463. The van der Waals surface area contributed by atoms with E-state index in [0.717, 1.165) is 33.4 Å². The van der Waals surface area contributed by atoms with Crippen LogP contribution >= 0.6 is 0 Å². The number of primary amides is 1. The van der Waals surface area contributed by atoms with Crippen LogP contribution in [0.1, 0.15) is 37.4 Å². The van der Waals surface area contributed by atoms with Crippen molar-refractivity contribution in [3.63, 3.8) is 0 Å². The van der Waals surface area contributed by atoms with Crippen molar-refractivity contribution < 1.29 is 14.3 Å². The Morgan fingerprint density at radius 2 is 1.76 bits per heavy atom. The second-order valence-electron chi connectivity index (χ2n) is 8.81. The SMILES string of the molecule is COc1ccc([C@@H]2CC(c3ccc4ccccc4c3)=NN2C(=O)CN(CC(N)=O)C(C)C)cc1. The van der Waals surface area contributed by atoms with Gasteiger partial charge in [0.2, 0.25) is 5.91 Å². The van der Waals surface area contributed by atoms with Crippen LogP contribution in [0.4, 0.5) is 0 Å². The van der Waals surface area contributed by atoms with Gasteiger partial charge in [-0.05, 0) is 53.9 Å². The van der Waals surface area contributed by atoms with Crippen LogP contribution in [0.2, 0.25) is 0 Å². The van der Waals surface area contributed by atoms with Gasteiger partial charge in [0.25, 0.3) is 5.91 Å². The molecule has 0 spiro atoms. The lowest BCUT2D eigenvalue weighted by Gasteiger charge is -2.28. The Bertz CT molecular complexity index is 1220. The summed E-state index contributed by atoms with van der Waals surface area (Å²) in [6.07, 6.45) is 0.591. The molecule has 3 aromatic rings. The molecule has 7 heteroatoms. The third kappa shape index (κ3) is 5.10. The largest absolute Gasteiger partial charge is 0.497 e. The fourth-order valence-corrected chi connectivity index (χ4v) is 4.24. The number of hydrogen-bond donors (Lipinski definition) is 1. The number of nitrogens with two attached hydrogens (primary N) is 1. The summed E-state index contributed by atoms with van der Waals surface area (Å²) >= 11 is 0. The van der Waals surface area contributed by atoms with E-state index in [4.69, 9.17) is 15.6 Å². The third-order valence-corrected chi connectivity index (χ3v) is 6.18. The molecule has 0 bridgehead atoms. The molecule has 1 atom stereocenters. The maximum atomic E-state index is 13.4. The van der Waals surface area contributed by atoms with E-state index in [0.29, 0.717) is 6.42 Å². The van der Waals surface area contributed by atoms with Gasteiger partial charge in [0, 0.05) is 12.5 Å². The number of hydrogen-bond acceptors (Lipinski definition) is 5. The first-order valence-electron chi connectivity index (χ1n) is 11.4. The number of amides is 2. The summed E-state index contributed by atoms with van der Waals surface area (Å²) in [6, 6.07) is 21.9. The summed E-state index contributed by atoms with van der Waals surface area (Å²) in [6.45, 7) is 3.95. The maximum absolute atomic E-state index is 13.4. The van der Waals surface area contributed by atoms with Gasteiger partial charge in [-0.2, -0.15) is 5.10 Å². The van der Waals surface area contributed by atoms with Gasteiger partial charge in [0.05, 0.1) is 32.0 Å². The number of carbonyl (C=O) groups excluding carboxylic acids is 2. The molecule has 0 aromatic heterocycles. The monoisotopic (exact) mass is 458 g/mol. The Hall–Kier alpha value is -3.71. The average Bonchev–Trinajstić information content (AvgIpc) is 3.28. The molecule has 0 radical (unpaired) electrons. The van der Waals surface area contributed by atoms with Crippen LogP contribution in [0.3, 0.4) is 0 Å². The number of nitrogens with zero attached hydrogens (tertiary/aromatic N) is 3. The quantitative estimate of drug-likeness (QED) is 0.557. The van der Waals surface area contributed by atoms with Crippen LogP contribution in [0, 0.1) is 0 Å². The minimum absolute atomic E-state index is 0.0116. The molecule has 2 N–H and O–H groups in total. The number of methoxy groups -OCH3 is 1. The number of hydrazone groups is 1. The predicted octanol–water partition coefficient (Wildman–Crippen LogP) is 3.72. The smallest absolute Gasteiger partial charge is 0.257 e. The van der Waals surface area contributed by atoms with Gasteiger partial charge < -0.3 is 10.5 Å². The second kappa shape index (κ2) is 10.1. The van der Waals surface area contributed by atoms with Gasteiger partial charge >= 0.3 is 0 Å². The van der Waals surface area contributed by atoms with E-state index in [9.17, 15) is 9.59 Å². The summed E-state index contributed by atoms with van der Waals surface area (Å²) in [7, 11) is 1.63. The van der Waals surface area contributed by atoms with Crippen LogP contribution in [-0.4, -0.2) is 53.7 Å². The molecule has 0 fully saturated rings. The Morgan fingerprint density at radius 3 is 2.41 bits per heavy atom. The molecule has 0 aliphatic carbocycles. The molecule has 2 amide bonds. The highest BCUT2D eigenvalue weighted by Crippen LogP contribution is 2.34. The molecule has 1 heterocycles. The standard InChI is InChI=1S/C27H30N4O3/c1-18(2)30(16-26(28)32)17-27(33)31-25(20-10-12-23(34-3)13-11-20)15-24(29-31)22-9-8-19-6-4-5-7-21(19)14-22/h4-14,18,25H,15-17H2,1-3H3,(H2,28,32)/t25-/m0/s1. The molecule has 0 saturated heterocycles. The second-order valence-corrected chi connectivity index (χ2v) is 8.81. The summed E-state index contributed by atoms with van der Waals surface area (Å²) in [5.74, 6) is 0.115. The zero-order chi connectivity index (χ0) is 24.2. The fraction of sp³-hybridized carbons (Fsp3) is 0.296. The van der Waals surface area contributed by atoms with Crippen LogP contribution < -0.4 is 10.5 Å². The van der Waals surface area contributed by atoms with E-state index in [1.54, 1.807) is 17.0 Å². The van der Waals surface area contributed by atoms with Crippen molar-refractivity contribution >= 4 is 28.3 Å². The van der Waals surface area contributed by atoms with Crippen molar-refractivity contribution in [1.29, 1.82) is 0 Å². The van der Waals surface area contributed by atoms with Crippen molar-refractivity contribution in [3.05, 3.63) is 77.9 Å². The van der Waals surface area contributed by atoms with E-state index < -0.39 is 5.91 Å². The van der Waals surface area contributed by atoms with Crippen LogP contribution in [0.15, 0.2) is 71.8 Å². The van der Waals surface area contributed by atoms with E-state index in [1.807, 2.05) is 56.3 Å². The van der Waals surface area contributed by atoms with Gasteiger partial charge in [0.15, 0.2) is 0 Å². The minimum Gasteiger partial charge on any atom is -0.497 e. The summed E-state index contributed by atoms with van der Waals surface area (Å²) < 4.78 is 5.29. The van der Waals surface area contributed by atoms with Crippen LogP contribution in [-0.2, 0) is 9.59 Å². The first-order chi connectivity index (χ1) is 16.4. The van der Waals surface area contributed by atoms with Crippen molar-refractivity contribution in [1.82, 2.24) is 9.91 Å². The lowest BCUT2D eigenvalue weighted by Crippen LogP contribution is -2.45. The van der Waals surface area contributed by atoms with Gasteiger partial charge in [-0.15, -0.1) is 0 Å². The van der Waals surface area contributed by atoms with Crippen molar-refractivity contribution in [2.24, 2.45) is 10.8 Å². The van der Waals surface area contributed by atoms with Crippen LogP contribution in [0.25, 0.3) is 10.8 Å². The zero-order valence-corrected chi connectivity index (χ0v) is 19.8. The van der Waals surface area contributed by atoms with Crippen molar-refractivity contribution in [3.8, 4) is 5.75 Å². The average molecular weight is 459 g/mol. The molecule has 1 aliphatic rings. The fourth-order valence-electron chi connectivity index (χ4n) is 4.24. The highest BCUT2D eigenvalue weighted by molar-refractivity contribution is 6.05. The lowest BCUT2D eigenvalue weighted by atomic mass is 9.97. The summed E-state index contributed by atoms with van der Waals surface area (Å²) in [5, 5.41) is 8.62. The maximum Gasteiger partial charge on any atom is 0.257 e. The molecular formula is C27H30N4O3. The Balaban J connectivity index is 1.67. The zero-order valence-electron chi connectivity index (χ0n) is 19.8. The molecule has 1 aliphatic heterocycles. The number of benzene rings is 3. The molecule has 0 unspecified atom stereocenters. The highest BCUT2D eigenvalue weighted by Gasteiger charge is 2.34. The normalized spacial score (nSPS) is 15.7. The number of carbonyl (C=O) groups is 2. The number of fused-ring (bicyclic) bond motifs is 1. The van der Waals surface area contributed by atoms with Gasteiger partial charge in [-0.3, -0.25) is 14.5 Å². The number of rotatable bonds is 8. The van der Waals surface area contributed by atoms with E-state index in [2.05, 4.69) is 24.3 Å². The highest BCUT2D eigenvalue weighted by atomic mass is 16.5. The molecule has 34 heavy (non-hydrogen) atoms. The molecule has 176 valence electrons. The summed E-state index contributed by atoms with van der Waals surface area (Å²) in [4.78, 5) is 26.7. The number of ether oxygens (including phenoxy) is 1. The van der Waals surface area contributed by atoms with Gasteiger partial charge in [-0.25, -0.2) is 5.01 Å². The molecular weight excluding hydrogens is 428 g/mol. The molecule has 3 aromatic carbocycles. The molecule has 0 saturated carbocycles. The first-order valence-corrected chi connectivity index (χ1v) is 11.4. The molecule has 4 rings (SSSR count). The molecule has 7 nitrogen and oxygen atoms in total. The lowest BCUT2D eigenvalue weighted by molar-refractivity contribution is -0.135. The van der Waals surface area contributed by atoms with Crippen LogP contribution in [0.5, 0.6) is 5.75 Å². The third-order valence-electron chi connectivity index (χ3n) is 6.18. The topological polar surface area (TPSA) is 88.2 Å². The van der Waals surface area contributed by atoms with E-state index in [1.165, 1.54) is 0 Å². The van der Waals surface area contributed by atoms with Gasteiger partial charge in [0.1, 0.15) is 5.75 Å². The predicted molar refractivity (Wildman–Crippen MR) is 134 cm³/mol. The van der Waals surface area contributed by atoms with Gasteiger partial charge in [-0.1, -0.05) is 48.5 Å². The Morgan fingerprint density at radius 1 is 1.06 bits per heavy atom. The Labute approximate surface area is 199 Å². The van der Waals surface area contributed by atoms with E-state index >= 15 is 0 Å². The van der Waals surface area contributed by atoms with E-state index in [-0.39, 0.29) is 31.1 Å². The van der Waals surface area contributed by atoms with Crippen molar-refractivity contribution in [2.75, 3.05) is 20.2 Å².